The molecule has 0 fully saturated rings. The molecule has 0 aliphatic carbocycles. The first-order valence-electron chi connectivity index (χ1n) is 6.49. The Morgan fingerprint density at radius 3 is 2.39 bits per heavy atom. The molecular formula is C14H27N3O. The molecule has 2 atom stereocenters. The van der Waals surface area contributed by atoms with E-state index in [0.29, 0.717) is 0 Å². The van der Waals surface area contributed by atoms with Gasteiger partial charge in [0.05, 0.1) is 11.8 Å². The summed E-state index contributed by atoms with van der Waals surface area (Å²) in [5.41, 5.74) is 2.40. The van der Waals surface area contributed by atoms with Crippen LogP contribution in [0.2, 0.25) is 0 Å². The number of hydrogen-bond donors (Lipinski definition) is 1. The molecule has 0 amide bonds. The van der Waals surface area contributed by atoms with Crippen molar-refractivity contribution in [2.45, 2.75) is 46.3 Å². The van der Waals surface area contributed by atoms with Gasteiger partial charge in [-0.25, -0.2) is 0 Å². The van der Waals surface area contributed by atoms with E-state index in [9.17, 15) is 0 Å². The molecule has 0 aromatic carbocycles. The number of ether oxygens (including phenoxy) is 1. The van der Waals surface area contributed by atoms with Gasteiger partial charge in [0.1, 0.15) is 0 Å². The van der Waals surface area contributed by atoms with Gasteiger partial charge >= 0.3 is 0 Å². The highest BCUT2D eigenvalue weighted by atomic mass is 16.5. The van der Waals surface area contributed by atoms with E-state index in [2.05, 4.69) is 37.3 Å². The Morgan fingerprint density at radius 2 is 2.06 bits per heavy atom. The van der Waals surface area contributed by atoms with Gasteiger partial charge in [0.2, 0.25) is 0 Å². The molecule has 1 aromatic heterocycles. The first kappa shape index (κ1) is 15.2. The Morgan fingerprint density at radius 1 is 1.44 bits per heavy atom. The van der Waals surface area contributed by atoms with Gasteiger partial charge in [-0.2, -0.15) is 5.10 Å². The lowest BCUT2D eigenvalue weighted by atomic mass is 9.83. The van der Waals surface area contributed by atoms with E-state index in [0.717, 1.165) is 12.1 Å². The summed E-state index contributed by atoms with van der Waals surface area (Å²) in [6.45, 7) is 8.65. The monoisotopic (exact) mass is 253 g/mol. The second-order valence-corrected chi connectivity index (χ2v) is 6.02. The predicted octanol–water partition coefficient (Wildman–Crippen LogP) is 1.92. The van der Waals surface area contributed by atoms with Gasteiger partial charge in [-0.1, -0.05) is 20.8 Å². The van der Waals surface area contributed by atoms with Gasteiger partial charge in [-0.05, 0) is 25.5 Å². The number of likely N-dealkylation sites (N-methyl/N-ethyl adjacent to an activating group) is 1. The van der Waals surface area contributed by atoms with Crippen molar-refractivity contribution >= 4 is 0 Å². The maximum Gasteiger partial charge on any atom is 0.0776 e. The Kier molecular flexibility index (Phi) is 4.93. The molecule has 1 heterocycles. The Balaban J connectivity index is 2.87. The van der Waals surface area contributed by atoms with Gasteiger partial charge in [0.25, 0.3) is 0 Å². The second kappa shape index (κ2) is 5.85. The summed E-state index contributed by atoms with van der Waals surface area (Å²) in [6.07, 6.45) is 1.08. The van der Waals surface area contributed by atoms with Crippen LogP contribution in [-0.4, -0.2) is 36.1 Å². The molecule has 0 bridgehead atoms. The van der Waals surface area contributed by atoms with Crippen LogP contribution in [-0.2, 0) is 18.2 Å². The van der Waals surface area contributed by atoms with E-state index in [1.165, 1.54) is 5.69 Å². The zero-order chi connectivity index (χ0) is 13.9. The molecule has 0 radical (unpaired) electrons. The van der Waals surface area contributed by atoms with E-state index >= 15 is 0 Å². The molecule has 2 unspecified atom stereocenters. The van der Waals surface area contributed by atoms with Crippen LogP contribution >= 0.6 is 0 Å². The Labute approximate surface area is 111 Å². The fourth-order valence-electron chi connectivity index (χ4n) is 2.56. The van der Waals surface area contributed by atoms with E-state index in [1.807, 2.05) is 25.7 Å². The van der Waals surface area contributed by atoms with Crippen molar-refractivity contribution in [2.24, 2.45) is 12.5 Å². The van der Waals surface area contributed by atoms with Gasteiger partial charge in [0, 0.05) is 32.3 Å². The molecule has 1 rings (SSSR count). The number of methoxy groups -OCH3 is 1. The van der Waals surface area contributed by atoms with Crippen LogP contribution in [0.5, 0.6) is 0 Å². The molecule has 18 heavy (non-hydrogen) atoms. The Hall–Kier alpha value is -0.870. The van der Waals surface area contributed by atoms with E-state index < -0.39 is 0 Å². The maximum absolute atomic E-state index is 5.69. The number of hydrogen-bond acceptors (Lipinski definition) is 3. The molecule has 1 N–H and O–H groups in total. The van der Waals surface area contributed by atoms with E-state index in [1.54, 1.807) is 7.11 Å². The lowest BCUT2D eigenvalue weighted by molar-refractivity contribution is -0.00959. The minimum atomic E-state index is 0.107. The minimum absolute atomic E-state index is 0.107. The largest absolute Gasteiger partial charge is 0.379 e. The van der Waals surface area contributed by atoms with E-state index in [4.69, 9.17) is 4.74 Å². The molecule has 0 aliphatic rings. The van der Waals surface area contributed by atoms with Crippen molar-refractivity contribution in [3.63, 3.8) is 0 Å². The lowest BCUT2D eigenvalue weighted by Crippen LogP contribution is -2.47. The quantitative estimate of drug-likeness (QED) is 0.871. The van der Waals surface area contributed by atoms with Crippen LogP contribution in [0.25, 0.3) is 0 Å². The van der Waals surface area contributed by atoms with Gasteiger partial charge in [0.15, 0.2) is 0 Å². The highest BCUT2D eigenvalue weighted by Crippen LogP contribution is 2.26. The zero-order valence-corrected chi connectivity index (χ0v) is 12.7. The zero-order valence-electron chi connectivity index (χ0n) is 12.7. The fraction of sp³-hybridized carbons (Fsp3) is 0.786. The fourth-order valence-corrected chi connectivity index (χ4v) is 2.56. The highest BCUT2D eigenvalue weighted by molar-refractivity contribution is 5.11. The molecule has 4 nitrogen and oxygen atoms in total. The van der Waals surface area contributed by atoms with Crippen molar-refractivity contribution in [3.05, 3.63) is 17.5 Å². The first-order valence-corrected chi connectivity index (χ1v) is 6.49. The second-order valence-electron chi connectivity index (χ2n) is 6.02. The number of nitrogens with zero attached hydrogens (tertiary/aromatic N) is 2. The molecular weight excluding hydrogens is 226 g/mol. The number of aryl methyl sites for hydroxylation is 2. The molecule has 104 valence electrons. The predicted molar refractivity (Wildman–Crippen MR) is 74.7 cm³/mol. The summed E-state index contributed by atoms with van der Waals surface area (Å²) >= 11 is 0. The lowest BCUT2D eigenvalue weighted by Gasteiger charge is -2.35. The van der Waals surface area contributed by atoms with Gasteiger partial charge in [-0.15, -0.1) is 0 Å². The molecule has 1 aromatic rings. The normalized spacial score (nSPS) is 15.7. The van der Waals surface area contributed by atoms with Crippen molar-refractivity contribution in [1.29, 1.82) is 0 Å². The van der Waals surface area contributed by atoms with Crippen LogP contribution in [0, 0.1) is 12.3 Å². The molecule has 0 saturated heterocycles. The third-order valence-electron chi connectivity index (χ3n) is 3.37. The van der Waals surface area contributed by atoms with Crippen LogP contribution in [0.15, 0.2) is 6.07 Å². The van der Waals surface area contributed by atoms with Crippen LogP contribution in [0.1, 0.15) is 32.2 Å². The Bertz CT molecular complexity index is 379. The third kappa shape index (κ3) is 3.56. The number of nitrogens with one attached hydrogen (secondary N) is 1. The van der Waals surface area contributed by atoms with Crippen molar-refractivity contribution in [3.8, 4) is 0 Å². The minimum Gasteiger partial charge on any atom is -0.379 e. The summed E-state index contributed by atoms with van der Waals surface area (Å²) in [7, 11) is 5.77. The van der Waals surface area contributed by atoms with E-state index in [-0.39, 0.29) is 17.6 Å². The van der Waals surface area contributed by atoms with Crippen LogP contribution in [0.4, 0.5) is 0 Å². The summed E-state index contributed by atoms with van der Waals surface area (Å²) in [4.78, 5) is 0. The number of rotatable bonds is 5. The van der Waals surface area contributed by atoms with Gasteiger partial charge < -0.3 is 10.1 Å². The number of aromatic nitrogens is 2. The molecule has 0 aliphatic heterocycles. The SMILES string of the molecule is CNC(Cc1cc(C)nn1C)C(OC)C(C)(C)C. The van der Waals surface area contributed by atoms with Crippen molar-refractivity contribution in [1.82, 2.24) is 15.1 Å². The standard InChI is InChI=1S/C14H27N3O/c1-10-8-11(17(6)16-10)9-12(15-5)13(18-7)14(2,3)4/h8,12-13,15H,9H2,1-7H3. The average molecular weight is 253 g/mol. The van der Waals surface area contributed by atoms with Crippen molar-refractivity contribution < 1.29 is 4.74 Å². The highest BCUT2D eigenvalue weighted by Gasteiger charge is 2.32. The summed E-state index contributed by atoms with van der Waals surface area (Å²) in [5.74, 6) is 0. The molecule has 0 saturated carbocycles. The van der Waals surface area contributed by atoms with Crippen molar-refractivity contribution in [2.75, 3.05) is 14.2 Å². The summed E-state index contributed by atoms with van der Waals surface area (Å²) in [5, 5.41) is 7.77. The third-order valence-corrected chi connectivity index (χ3v) is 3.37. The smallest absolute Gasteiger partial charge is 0.0776 e. The average Bonchev–Trinajstić information content (AvgIpc) is 2.55. The first-order chi connectivity index (χ1) is 8.29. The summed E-state index contributed by atoms with van der Waals surface area (Å²) < 4.78 is 7.65. The van der Waals surface area contributed by atoms with Gasteiger partial charge in [-0.3, -0.25) is 4.68 Å². The summed E-state index contributed by atoms with van der Waals surface area (Å²) in [6, 6.07) is 2.42. The topological polar surface area (TPSA) is 39.1 Å². The molecule has 4 heteroatoms. The van der Waals surface area contributed by atoms with Crippen LogP contribution < -0.4 is 5.32 Å². The van der Waals surface area contributed by atoms with Crippen LogP contribution in [0.3, 0.4) is 0 Å². The maximum atomic E-state index is 5.69. The molecule has 0 spiro atoms.